The zero-order valence-corrected chi connectivity index (χ0v) is 12.7. The average molecular weight is 311 g/mol. The molecule has 1 aliphatic heterocycles. The number of pyridine rings is 1. The molecule has 0 amide bonds. The number of nitrogens with zero attached hydrogens (tertiary/aromatic N) is 4. The van der Waals surface area contributed by atoms with Gasteiger partial charge in [-0.1, -0.05) is 0 Å². The molecule has 0 spiro atoms. The molecular weight excluding hydrogens is 298 g/mol. The lowest BCUT2D eigenvalue weighted by Crippen LogP contribution is -2.45. The molecule has 1 aliphatic rings. The summed E-state index contributed by atoms with van der Waals surface area (Å²) in [5, 5.41) is 9.94. The second-order valence-electron chi connectivity index (χ2n) is 5.45. The Labute approximate surface area is 129 Å². The van der Waals surface area contributed by atoms with Crippen LogP contribution in [-0.2, 0) is 11.0 Å². The molecule has 7 heteroatoms. The van der Waals surface area contributed by atoms with Crippen LogP contribution in [0.2, 0.25) is 0 Å². The van der Waals surface area contributed by atoms with Gasteiger partial charge in [0.2, 0.25) is 0 Å². The molecule has 0 radical (unpaired) electrons. The number of nitriles is 1. The van der Waals surface area contributed by atoms with Gasteiger partial charge in [-0.3, -0.25) is 4.98 Å². The Morgan fingerprint density at radius 2 is 2.27 bits per heavy atom. The van der Waals surface area contributed by atoms with Crippen molar-refractivity contribution >= 4 is 32.9 Å². The van der Waals surface area contributed by atoms with E-state index in [1.807, 2.05) is 16.4 Å². The second-order valence-corrected chi connectivity index (χ2v) is 6.82. The molecule has 0 saturated carbocycles. The van der Waals surface area contributed by atoms with Crippen molar-refractivity contribution in [2.24, 2.45) is 0 Å². The molecule has 1 saturated heterocycles. The van der Waals surface area contributed by atoms with E-state index in [0.717, 1.165) is 40.9 Å². The van der Waals surface area contributed by atoms with Gasteiger partial charge in [0, 0.05) is 30.6 Å². The minimum absolute atomic E-state index is 0.269. The third-order valence-corrected chi connectivity index (χ3v) is 5.09. The van der Waals surface area contributed by atoms with Crippen LogP contribution >= 0.6 is 0 Å². The van der Waals surface area contributed by atoms with Gasteiger partial charge in [0.25, 0.3) is 0 Å². The number of aromatic nitrogens is 3. The Hall–Kier alpha value is -2.30. The van der Waals surface area contributed by atoms with E-state index in [-0.39, 0.29) is 5.92 Å². The van der Waals surface area contributed by atoms with Crippen LogP contribution in [0.3, 0.4) is 0 Å². The molecule has 1 unspecified atom stereocenters. The van der Waals surface area contributed by atoms with Crippen molar-refractivity contribution in [3.05, 3.63) is 35.8 Å². The molecule has 3 aromatic rings. The van der Waals surface area contributed by atoms with Gasteiger partial charge in [-0.15, -0.1) is 0 Å². The van der Waals surface area contributed by atoms with Crippen LogP contribution in [0.4, 0.5) is 0 Å². The van der Waals surface area contributed by atoms with E-state index in [9.17, 15) is 4.21 Å². The van der Waals surface area contributed by atoms with Gasteiger partial charge >= 0.3 is 0 Å². The molecule has 1 fully saturated rings. The SMILES string of the molecule is CS(=O)N1CC(c2nc3c(cnc4ccc(C#N)cc43)[nH]2)C1. The summed E-state index contributed by atoms with van der Waals surface area (Å²) < 4.78 is 13.3. The van der Waals surface area contributed by atoms with Crippen molar-refractivity contribution in [3.8, 4) is 6.07 Å². The van der Waals surface area contributed by atoms with Crippen molar-refractivity contribution in [1.29, 1.82) is 5.26 Å². The fourth-order valence-corrected chi connectivity index (χ4v) is 3.54. The smallest absolute Gasteiger partial charge is 0.113 e. The van der Waals surface area contributed by atoms with Gasteiger partial charge in [-0.05, 0) is 18.2 Å². The number of rotatable bonds is 2. The quantitative estimate of drug-likeness (QED) is 0.780. The highest BCUT2D eigenvalue weighted by atomic mass is 32.2. The second kappa shape index (κ2) is 4.87. The Kier molecular flexibility index (Phi) is 2.96. The summed E-state index contributed by atoms with van der Waals surface area (Å²) in [7, 11) is -0.919. The summed E-state index contributed by atoms with van der Waals surface area (Å²) in [6, 6.07) is 7.57. The maximum Gasteiger partial charge on any atom is 0.113 e. The monoisotopic (exact) mass is 311 g/mol. The van der Waals surface area contributed by atoms with E-state index < -0.39 is 11.0 Å². The molecule has 22 heavy (non-hydrogen) atoms. The maximum absolute atomic E-state index is 11.4. The third kappa shape index (κ3) is 2.00. The topological polar surface area (TPSA) is 85.7 Å². The minimum atomic E-state index is -0.919. The first kappa shape index (κ1) is 13.4. The zero-order chi connectivity index (χ0) is 15.3. The molecule has 110 valence electrons. The van der Waals surface area contributed by atoms with Crippen LogP contribution in [0, 0.1) is 11.3 Å². The molecule has 3 heterocycles. The summed E-state index contributed by atoms with van der Waals surface area (Å²) in [4.78, 5) is 12.4. The standard InChI is InChI=1S/C15H13N5OS/c1-22(21)20-7-10(8-20)15-18-13-6-17-12-3-2-9(5-16)4-11(12)14(13)19-15/h2-4,6,10H,7-8H2,1H3,(H,18,19). The first-order chi connectivity index (χ1) is 10.7. The highest BCUT2D eigenvalue weighted by Gasteiger charge is 2.32. The van der Waals surface area contributed by atoms with Crippen molar-refractivity contribution in [3.63, 3.8) is 0 Å². The number of benzene rings is 1. The van der Waals surface area contributed by atoms with E-state index in [1.54, 1.807) is 18.5 Å². The van der Waals surface area contributed by atoms with E-state index in [0.29, 0.717) is 5.56 Å². The summed E-state index contributed by atoms with van der Waals surface area (Å²) >= 11 is 0. The number of hydrogen-bond donors (Lipinski definition) is 1. The number of H-pyrrole nitrogens is 1. The number of imidazole rings is 1. The van der Waals surface area contributed by atoms with E-state index in [4.69, 9.17) is 10.2 Å². The van der Waals surface area contributed by atoms with Crippen molar-refractivity contribution in [1.82, 2.24) is 19.3 Å². The first-order valence-electron chi connectivity index (χ1n) is 6.92. The summed E-state index contributed by atoms with van der Waals surface area (Å²) in [5.41, 5.74) is 3.14. The fraction of sp³-hybridized carbons (Fsp3) is 0.267. The summed E-state index contributed by atoms with van der Waals surface area (Å²) in [6.07, 6.45) is 3.46. The van der Waals surface area contributed by atoms with Gasteiger partial charge in [-0.25, -0.2) is 13.5 Å². The molecule has 0 bridgehead atoms. The summed E-state index contributed by atoms with van der Waals surface area (Å²) in [5.74, 6) is 1.17. The first-order valence-corrected chi connectivity index (χ1v) is 8.44. The lowest BCUT2D eigenvalue weighted by Gasteiger charge is -2.35. The number of fused-ring (bicyclic) bond motifs is 3. The van der Waals surface area contributed by atoms with Crippen LogP contribution in [0.25, 0.3) is 21.9 Å². The van der Waals surface area contributed by atoms with Crippen molar-refractivity contribution in [2.75, 3.05) is 19.3 Å². The van der Waals surface area contributed by atoms with Crippen LogP contribution in [0.15, 0.2) is 24.4 Å². The maximum atomic E-state index is 11.4. The minimum Gasteiger partial charge on any atom is -0.340 e. The van der Waals surface area contributed by atoms with Gasteiger partial charge in [-0.2, -0.15) is 5.26 Å². The molecule has 6 nitrogen and oxygen atoms in total. The highest BCUT2D eigenvalue weighted by molar-refractivity contribution is 7.81. The molecule has 2 aromatic heterocycles. The van der Waals surface area contributed by atoms with Crippen LogP contribution < -0.4 is 0 Å². The Morgan fingerprint density at radius 3 is 3.00 bits per heavy atom. The molecule has 1 aromatic carbocycles. The van der Waals surface area contributed by atoms with Gasteiger partial charge < -0.3 is 4.98 Å². The lowest BCUT2D eigenvalue weighted by molar-refractivity contribution is 0.272. The Balaban J connectivity index is 1.79. The van der Waals surface area contributed by atoms with Gasteiger partial charge in [0.15, 0.2) is 0 Å². The lowest BCUT2D eigenvalue weighted by atomic mass is 10.0. The van der Waals surface area contributed by atoms with Gasteiger partial charge in [0.1, 0.15) is 5.82 Å². The van der Waals surface area contributed by atoms with Crippen LogP contribution in [-0.4, -0.2) is 42.8 Å². The normalized spacial score (nSPS) is 17.5. The van der Waals surface area contributed by atoms with E-state index >= 15 is 0 Å². The molecule has 1 atom stereocenters. The predicted octanol–water partition coefficient (Wildman–Crippen LogP) is 1.68. The predicted molar refractivity (Wildman–Crippen MR) is 84.5 cm³/mol. The van der Waals surface area contributed by atoms with Crippen molar-refractivity contribution < 1.29 is 4.21 Å². The average Bonchev–Trinajstić information content (AvgIpc) is 2.88. The van der Waals surface area contributed by atoms with Crippen LogP contribution in [0.5, 0.6) is 0 Å². The highest BCUT2D eigenvalue weighted by Crippen LogP contribution is 2.29. The summed E-state index contributed by atoms with van der Waals surface area (Å²) in [6.45, 7) is 1.50. The Morgan fingerprint density at radius 1 is 1.45 bits per heavy atom. The molecule has 1 N–H and O–H groups in total. The Bertz CT molecular complexity index is 952. The fourth-order valence-electron chi connectivity index (χ4n) is 2.76. The molecule has 4 rings (SSSR count). The van der Waals surface area contributed by atoms with Crippen LogP contribution in [0.1, 0.15) is 17.3 Å². The number of hydrogen-bond acceptors (Lipinski definition) is 4. The number of nitrogens with one attached hydrogen (secondary N) is 1. The van der Waals surface area contributed by atoms with E-state index in [2.05, 4.69) is 16.0 Å². The van der Waals surface area contributed by atoms with Gasteiger partial charge in [0.05, 0.1) is 45.4 Å². The third-order valence-electron chi connectivity index (χ3n) is 4.06. The number of aromatic amines is 1. The van der Waals surface area contributed by atoms with Crippen molar-refractivity contribution in [2.45, 2.75) is 5.92 Å². The van der Waals surface area contributed by atoms with E-state index in [1.165, 1.54) is 0 Å². The molecular formula is C15H13N5OS. The molecule has 0 aliphatic carbocycles. The zero-order valence-electron chi connectivity index (χ0n) is 11.9. The largest absolute Gasteiger partial charge is 0.340 e.